The summed E-state index contributed by atoms with van der Waals surface area (Å²) < 4.78 is 5.48. The lowest BCUT2D eigenvalue weighted by Crippen LogP contribution is -2.51. The van der Waals surface area contributed by atoms with Crippen LogP contribution in [0.15, 0.2) is 36.4 Å². The molecular formula is C21H26N4O2. The minimum Gasteiger partial charge on any atom is -0.494 e. The first-order valence-corrected chi connectivity index (χ1v) is 9.85. The Labute approximate surface area is 160 Å². The van der Waals surface area contributed by atoms with Crippen molar-refractivity contribution < 1.29 is 9.53 Å². The molecule has 1 saturated carbocycles. The number of hydrogen-bond acceptors (Lipinski definition) is 5. The molecular weight excluding hydrogens is 340 g/mol. The topological polar surface area (TPSA) is 58.6 Å². The number of anilines is 1. The van der Waals surface area contributed by atoms with E-state index >= 15 is 0 Å². The largest absolute Gasteiger partial charge is 0.494 e. The highest BCUT2D eigenvalue weighted by molar-refractivity contribution is 5.79. The average molecular weight is 366 g/mol. The molecule has 2 aromatic rings. The number of carbonyl (C=O) groups excluding carboxylic acids is 1. The van der Waals surface area contributed by atoms with Gasteiger partial charge in [0, 0.05) is 37.7 Å². The zero-order valence-corrected chi connectivity index (χ0v) is 15.8. The quantitative estimate of drug-likeness (QED) is 0.814. The van der Waals surface area contributed by atoms with E-state index in [2.05, 4.69) is 15.1 Å². The first-order valence-electron chi connectivity index (χ1n) is 9.85. The summed E-state index contributed by atoms with van der Waals surface area (Å²) in [6.45, 7) is 5.81. The first-order chi connectivity index (χ1) is 13.2. The molecule has 0 atom stereocenters. The smallest absolute Gasteiger partial charge is 0.225 e. The van der Waals surface area contributed by atoms with Crippen LogP contribution in [0, 0.1) is 5.92 Å². The molecule has 1 amide bonds. The molecule has 1 aromatic heterocycles. The second kappa shape index (κ2) is 7.94. The predicted molar refractivity (Wildman–Crippen MR) is 105 cm³/mol. The van der Waals surface area contributed by atoms with Crippen LogP contribution in [0.4, 0.5) is 5.82 Å². The number of piperazine rings is 1. The van der Waals surface area contributed by atoms with Crippen LogP contribution in [0.1, 0.15) is 26.2 Å². The van der Waals surface area contributed by atoms with Crippen LogP contribution in [0.5, 0.6) is 5.75 Å². The summed E-state index contributed by atoms with van der Waals surface area (Å²) in [5.74, 6) is 2.36. The van der Waals surface area contributed by atoms with Crippen LogP contribution in [0.25, 0.3) is 11.3 Å². The van der Waals surface area contributed by atoms with Crippen LogP contribution in [-0.4, -0.2) is 53.8 Å². The number of amides is 1. The molecule has 142 valence electrons. The average Bonchev–Trinajstić information content (AvgIpc) is 2.68. The Hall–Kier alpha value is -2.63. The Kier molecular flexibility index (Phi) is 5.23. The van der Waals surface area contributed by atoms with Gasteiger partial charge in [-0.1, -0.05) is 6.42 Å². The van der Waals surface area contributed by atoms with Gasteiger partial charge in [-0.25, -0.2) is 0 Å². The summed E-state index contributed by atoms with van der Waals surface area (Å²) in [5, 5.41) is 8.80. The Bertz CT molecular complexity index is 764. The zero-order chi connectivity index (χ0) is 18.6. The maximum absolute atomic E-state index is 12.4. The Morgan fingerprint density at radius 2 is 1.78 bits per heavy atom. The van der Waals surface area contributed by atoms with Gasteiger partial charge < -0.3 is 14.5 Å². The van der Waals surface area contributed by atoms with Crippen molar-refractivity contribution >= 4 is 11.7 Å². The minimum atomic E-state index is 0.282. The second-order valence-corrected chi connectivity index (χ2v) is 7.17. The Morgan fingerprint density at radius 3 is 2.33 bits per heavy atom. The highest BCUT2D eigenvalue weighted by atomic mass is 16.5. The van der Waals surface area contributed by atoms with E-state index in [-0.39, 0.29) is 5.92 Å². The van der Waals surface area contributed by atoms with E-state index in [1.54, 1.807) is 0 Å². The summed E-state index contributed by atoms with van der Waals surface area (Å²) in [6, 6.07) is 11.9. The number of rotatable bonds is 5. The number of aromatic nitrogens is 2. The van der Waals surface area contributed by atoms with Crippen LogP contribution in [-0.2, 0) is 4.79 Å². The molecule has 1 aliphatic heterocycles. The van der Waals surface area contributed by atoms with E-state index in [0.717, 1.165) is 61.8 Å². The fourth-order valence-corrected chi connectivity index (χ4v) is 3.61. The maximum Gasteiger partial charge on any atom is 0.225 e. The Balaban J connectivity index is 1.36. The molecule has 2 fully saturated rings. The van der Waals surface area contributed by atoms with Gasteiger partial charge >= 0.3 is 0 Å². The summed E-state index contributed by atoms with van der Waals surface area (Å²) in [4.78, 5) is 16.6. The third-order valence-corrected chi connectivity index (χ3v) is 5.48. The van der Waals surface area contributed by atoms with E-state index in [9.17, 15) is 4.79 Å². The number of ether oxygens (including phenoxy) is 1. The van der Waals surface area contributed by atoms with Crippen LogP contribution in [0.2, 0.25) is 0 Å². The fourth-order valence-electron chi connectivity index (χ4n) is 3.61. The maximum atomic E-state index is 12.4. The molecule has 6 nitrogen and oxygen atoms in total. The number of nitrogens with zero attached hydrogens (tertiary/aromatic N) is 4. The summed E-state index contributed by atoms with van der Waals surface area (Å²) >= 11 is 0. The highest BCUT2D eigenvalue weighted by Crippen LogP contribution is 2.29. The van der Waals surface area contributed by atoms with Gasteiger partial charge in [0.15, 0.2) is 5.82 Å². The number of hydrogen-bond donors (Lipinski definition) is 0. The summed E-state index contributed by atoms with van der Waals surface area (Å²) in [7, 11) is 0. The molecule has 6 heteroatoms. The molecule has 1 aromatic carbocycles. The van der Waals surface area contributed by atoms with E-state index in [1.807, 2.05) is 48.2 Å². The lowest BCUT2D eigenvalue weighted by Gasteiger charge is -2.38. The SMILES string of the molecule is CCOc1ccc(-c2ccc(N3CCN(C(=O)C4CCC4)CC3)nn2)cc1. The van der Waals surface area contributed by atoms with Crippen molar-refractivity contribution in [3.05, 3.63) is 36.4 Å². The van der Waals surface area contributed by atoms with E-state index < -0.39 is 0 Å². The van der Waals surface area contributed by atoms with Gasteiger partial charge in [0.25, 0.3) is 0 Å². The molecule has 0 bridgehead atoms. The van der Waals surface area contributed by atoms with E-state index in [0.29, 0.717) is 12.5 Å². The third kappa shape index (κ3) is 3.89. The highest BCUT2D eigenvalue weighted by Gasteiger charge is 2.31. The van der Waals surface area contributed by atoms with Crippen molar-refractivity contribution in [2.45, 2.75) is 26.2 Å². The monoisotopic (exact) mass is 366 g/mol. The lowest BCUT2D eigenvalue weighted by atomic mass is 9.84. The van der Waals surface area contributed by atoms with Gasteiger partial charge in [0.05, 0.1) is 12.3 Å². The van der Waals surface area contributed by atoms with E-state index in [1.165, 1.54) is 6.42 Å². The summed E-state index contributed by atoms with van der Waals surface area (Å²) in [6.07, 6.45) is 3.34. The third-order valence-electron chi connectivity index (χ3n) is 5.48. The van der Waals surface area contributed by atoms with Gasteiger partial charge in [-0.3, -0.25) is 4.79 Å². The molecule has 2 aliphatic rings. The molecule has 0 unspecified atom stereocenters. The van der Waals surface area contributed by atoms with Gasteiger partial charge in [0.2, 0.25) is 5.91 Å². The molecule has 0 radical (unpaired) electrons. The second-order valence-electron chi connectivity index (χ2n) is 7.17. The molecule has 1 saturated heterocycles. The Morgan fingerprint density at radius 1 is 1.04 bits per heavy atom. The van der Waals surface area contributed by atoms with Crippen molar-refractivity contribution in [2.24, 2.45) is 5.92 Å². The number of carbonyl (C=O) groups is 1. The van der Waals surface area contributed by atoms with Crippen molar-refractivity contribution in [3.63, 3.8) is 0 Å². The predicted octanol–water partition coefficient (Wildman–Crippen LogP) is 2.99. The molecule has 1 aliphatic carbocycles. The zero-order valence-electron chi connectivity index (χ0n) is 15.8. The van der Waals surface area contributed by atoms with Crippen molar-refractivity contribution in [1.82, 2.24) is 15.1 Å². The van der Waals surface area contributed by atoms with Gasteiger partial charge in [-0.15, -0.1) is 10.2 Å². The van der Waals surface area contributed by atoms with Crippen molar-refractivity contribution in [3.8, 4) is 17.0 Å². The molecule has 2 heterocycles. The molecule has 27 heavy (non-hydrogen) atoms. The molecule has 0 N–H and O–H groups in total. The van der Waals surface area contributed by atoms with Crippen LogP contribution in [0.3, 0.4) is 0 Å². The fraction of sp³-hybridized carbons (Fsp3) is 0.476. The van der Waals surface area contributed by atoms with Crippen molar-refractivity contribution in [1.29, 1.82) is 0 Å². The van der Waals surface area contributed by atoms with Crippen LogP contribution < -0.4 is 9.64 Å². The normalized spacial score (nSPS) is 17.5. The minimum absolute atomic E-state index is 0.282. The van der Waals surface area contributed by atoms with Gasteiger partial charge in [-0.2, -0.15) is 0 Å². The first kappa shape index (κ1) is 17.8. The molecule has 4 rings (SSSR count). The standard InChI is InChI=1S/C21H26N4O2/c1-2-27-18-8-6-16(7-9-18)19-10-11-20(23-22-19)24-12-14-25(15-13-24)21(26)17-4-3-5-17/h6-11,17H,2-5,12-15H2,1H3. The van der Waals surface area contributed by atoms with E-state index in [4.69, 9.17) is 4.74 Å². The van der Waals surface area contributed by atoms with Gasteiger partial charge in [0.1, 0.15) is 5.75 Å². The van der Waals surface area contributed by atoms with Gasteiger partial charge in [-0.05, 0) is 56.2 Å². The molecule has 0 spiro atoms. The van der Waals surface area contributed by atoms with Crippen molar-refractivity contribution in [2.75, 3.05) is 37.7 Å². The lowest BCUT2D eigenvalue weighted by molar-refractivity contribution is -0.138. The summed E-state index contributed by atoms with van der Waals surface area (Å²) in [5.41, 5.74) is 1.87. The van der Waals surface area contributed by atoms with Crippen LogP contribution >= 0.6 is 0 Å². The number of benzene rings is 1.